The first kappa shape index (κ1) is 27.0. The summed E-state index contributed by atoms with van der Waals surface area (Å²) in [4.78, 5) is 26.0. The molecule has 3 saturated carbocycles. The summed E-state index contributed by atoms with van der Waals surface area (Å²) in [5, 5.41) is 48.6. The monoisotopic (exact) mass is 554 g/mol. The Kier molecular flexibility index (Phi) is 5.95. The molecule has 8 atom stereocenters. The molecule has 0 unspecified atom stereocenters. The van der Waals surface area contributed by atoms with Gasteiger partial charge in [0.1, 0.15) is 6.61 Å². The van der Waals surface area contributed by atoms with E-state index in [0.717, 1.165) is 51.6 Å². The highest BCUT2D eigenvalue weighted by Crippen LogP contribution is 2.68. The largest absolute Gasteiger partial charge is 0.393 e. The highest BCUT2D eigenvalue weighted by atomic mass is 16.4. The van der Waals surface area contributed by atoms with E-state index in [1.807, 2.05) is 12.1 Å². The van der Waals surface area contributed by atoms with Crippen LogP contribution in [0.1, 0.15) is 52.4 Å². The number of rotatable bonds is 3. The van der Waals surface area contributed by atoms with Crippen LogP contribution in [0, 0.1) is 28.6 Å². The summed E-state index contributed by atoms with van der Waals surface area (Å²) in [5.41, 5.74) is -0.296. The molecule has 41 heavy (non-hydrogen) atoms. The number of carbonyl (C=O) groups is 2. The summed E-state index contributed by atoms with van der Waals surface area (Å²) < 4.78 is 0. The number of ketones is 2. The Morgan fingerprint density at radius 2 is 1.80 bits per heavy atom. The molecule has 7 rings (SSSR count). The standard InChI is InChI=1S/C35H38O6/c1-33-17-29(38)32-24(28(33)16-30(39)35(33,41)31(40)18-36)11-10-22-8-5-9-27(34(22,32)2)26-15-23(37)13-21-12-19-6-3-4-7-20(19)14-25(21)26/h3-4,6-9,12-14,24,28-30,32,36,38-39,41H,5,10-11,15-18H2,1-2H3/t24-,28-,29-,30+,32+,33-,34+,35-/m0/s1. The van der Waals surface area contributed by atoms with E-state index >= 15 is 0 Å². The van der Waals surface area contributed by atoms with Crippen molar-refractivity contribution in [3.8, 4) is 0 Å². The first-order chi connectivity index (χ1) is 19.5. The minimum Gasteiger partial charge on any atom is -0.393 e. The maximum atomic E-state index is 13.1. The molecule has 4 N–H and O–H groups in total. The molecule has 0 aliphatic heterocycles. The Hall–Kier alpha value is -2.90. The molecule has 214 valence electrons. The average Bonchev–Trinajstić information content (AvgIpc) is 3.15. The molecule has 0 amide bonds. The lowest BCUT2D eigenvalue weighted by Crippen LogP contribution is -2.64. The molecule has 0 heterocycles. The van der Waals surface area contributed by atoms with Gasteiger partial charge in [0.2, 0.25) is 0 Å². The SMILES string of the molecule is C[C@@]12C(=CCC=C1C1=c3cc4ccccc4cc3=CC(=O)C1)CC[C@@H]1[C@@H]2[C@@H](O)C[C@@]2(C)[C@H]1C[C@@H](O)[C@]2(O)C(=O)CO. The third-order valence-electron chi connectivity index (χ3n) is 11.8. The van der Waals surface area contributed by atoms with Gasteiger partial charge in [0.15, 0.2) is 17.2 Å². The van der Waals surface area contributed by atoms with Gasteiger partial charge in [0.25, 0.3) is 0 Å². The van der Waals surface area contributed by atoms with E-state index in [4.69, 9.17) is 0 Å². The second-order valence-corrected chi connectivity index (χ2v) is 13.5. The summed E-state index contributed by atoms with van der Waals surface area (Å²) in [5.74, 6) is -1.17. The highest BCUT2D eigenvalue weighted by molar-refractivity contribution is 6.12. The first-order valence-corrected chi connectivity index (χ1v) is 14.9. The predicted molar refractivity (Wildman–Crippen MR) is 156 cm³/mol. The Morgan fingerprint density at radius 1 is 1.07 bits per heavy atom. The zero-order chi connectivity index (χ0) is 28.9. The van der Waals surface area contributed by atoms with Gasteiger partial charge in [-0.05, 0) is 94.5 Å². The van der Waals surface area contributed by atoms with Gasteiger partial charge in [0.05, 0.1) is 12.2 Å². The number of allylic oxidation sites excluding steroid dienone is 4. The van der Waals surface area contributed by atoms with Gasteiger partial charge in [-0.15, -0.1) is 0 Å². The van der Waals surface area contributed by atoms with Crippen LogP contribution >= 0.6 is 0 Å². The first-order valence-electron chi connectivity index (χ1n) is 14.9. The highest BCUT2D eigenvalue weighted by Gasteiger charge is 2.71. The van der Waals surface area contributed by atoms with Crippen LogP contribution < -0.4 is 10.4 Å². The van der Waals surface area contributed by atoms with Crippen LogP contribution in [0.15, 0.2) is 59.7 Å². The van der Waals surface area contributed by atoms with Crippen LogP contribution in [0.4, 0.5) is 0 Å². The Labute approximate surface area is 239 Å². The second-order valence-electron chi connectivity index (χ2n) is 13.5. The number of fused-ring (bicyclic) bond motifs is 7. The van der Waals surface area contributed by atoms with E-state index < -0.39 is 41.0 Å². The van der Waals surface area contributed by atoms with Crippen LogP contribution in [-0.4, -0.2) is 56.4 Å². The lowest BCUT2D eigenvalue weighted by atomic mass is 9.44. The summed E-state index contributed by atoms with van der Waals surface area (Å²) in [6.07, 6.45) is 7.18. The number of Topliss-reactive ketones (excluding diaryl/α,β-unsaturated/α-hetero) is 2. The van der Waals surface area contributed by atoms with E-state index in [0.29, 0.717) is 6.42 Å². The van der Waals surface area contributed by atoms with Gasteiger partial charge < -0.3 is 20.4 Å². The summed E-state index contributed by atoms with van der Waals surface area (Å²) in [7, 11) is 0. The lowest BCUT2D eigenvalue weighted by molar-refractivity contribution is -0.190. The maximum Gasteiger partial charge on any atom is 0.192 e. The van der Waals surface area contributed by atoms with E-state index in [9.17, 15) is 30.0 Å². The van der Waals surface area contributed by atoms with Gasteiger partial charge in [-0.25, -0.2) is 0 Å². The quantitative estimate of drug-likeness (QED) is 0.434. The van der Waals surface area contributed by atoms with Gasteiger partial charge in [-0.1, -0.05) is 55.8 Å². The average molecular weight is 555 g/mol. The minimum absolute atomic E-state index is 0.0508. The summed E-state index contributed by atoms with van der Waals surface area (Å²) in [6.45, 7) is 3.16. The Morgan fingerprint density at radius 3 is 2.54 bits per heavy atom. The van der Waals surface area contributed by atoms with Crippen molar-refractivity contribution in [1.29, 1.82) is 0 Å². The van der Waals surface area contributed by atoms with Gasteiger partial charge in [-0.3, -0.25) is 9.59 Å². The number of aliphatic hydroxyl groups excluding tert-OH is 3. The van der Waals surface area contributed by atoms with Gasteiger partial charge >= 0.3 is 0 Å². The van der Waals surface area contributed by atoms with Crippen molar-refractivity contribution in [1.82, 2.24) is 0 Å². The van der Waals surface area contributed by atoms with E-state index in [-0.39, 0.29) is 36.4 Å². The second kappa shape index (κ2) is 9.05. The molecule has 0 saturated heterocycles. The molecular formula is C35H38O6. The topological polar surface area (TPSA) is 115 Å². The van der Waals surface area contributed by atoms with Crippen LogP contribution in [-0.2, 0) is 9.59 Å². The Balaban J connectivity index is 1.39. The molecule has 0 bridgehead atoms. The fourth-order valence-corrected chi connectivity index (χ4v) is 10.0. The molecule has 0 aromatic heterocycles. The van der Waals surface area contributed by atoms with E-state index in [2.05, 4.69) is 43.3 Å². The molecule has 0 radical (unpaired) electrons. The number of carbonyl (C=O) groups excluding carboxylic acids is 2. The molecule has 5 aliphatic carbocycles. The number of benzene rings is 2. The van der Waals surface area contributed by atoms with Crippen LogP contribution in [0.25, 0.3) is 22.4 Å². The minimum atomic E-state index is -2.10. The number of hydrogen-bond donors (Lipinski definition) is 4. The lowest BCUT2D eigenvalue weighted by Gasteiger charge is -2.61. The van der Waals surface area contributed by atoms with Crippen molar-refractivity contribution in [2.45, 2.75) is 70.2 Å². The summed E-state index contributed by atoms with van der Waals surface area (Å²) in [6, 6.07) is 12.5. The third kappa shape index (κ3) is 3.45. The van der Waals surface area contributed by atoms with Crippen molar-refractivity contribution in [2.75, 3.05) is 6.61 Å². The molecule has 0 spiro atoms. The molecular weight excluding hydrogens is 516 g/mol. The third-order valence-corrected chi connectivity index (χ3v) is 11.8. The van der Waals surface area contributed by atoms with E-state index in [1.165, 1.54) is 5.57 Å². The zero-order valence-corrected chi connectivity index (χ0v) is 23.6. The van der Waals surface area contributed by atoms with Crippen LogP contribution in [0.3, 0.4) is 0 Å². The van der Waals surface area contributed by atoms with Crippen LogP contribution in [0.2, 0.25) is 0 Å². The molecule has 5 aliphatic rings. The van der Waals surface area contributed by atoms with Crippen molar-refractivity contribution < 1.29 is 30.0 Å². The van der Waals surface area contributed by atoms with Gasteiger partial charge in [0, 0.05) is 23.2 Å². The molecule has 6 heteroatoms. The van der Waals surface area contributed by atoms with E-state index in [1.54, 1.807) is 13.0 Å². The molecule has 3 fully saturated rings. The van der Waals surface area contributed by atoms with Crippen molar-refractivity contribution in [3.05, 3.63) is 70.1 Å². The number of aliphatic hydroxyl groups is 4. The number of hydrogen-bond acceptors (Lipinski definition) is 6. The maximum absolute atomic E-state index is 13.1. The normalized spacial score (nSPS) is 39.6. The Bertz CT molecular complexity index is 1680. The molecule has 2 aromatic rings. The van der Waals surface area contributed by atoms with Crippen molar-refractivity contribution in [3.63, 3.8) is 0 Å². The molecule has 6 nitrogen and oxygen atoms in total. The fourth-order valence-electron chi connectivity index (χ4n) is 10.0. The zero-order valence-electron chi connectivity index (χ0n) is 23.6. The molecule has 2 aromatic carbocycles. The summed E-state index contributed by atoms with van der Waals surface area (Å²) >= 11 is 0. The van der Waals surface area contributed by atoms with Crippen molar-refractivity contribution >= 4 is 34.0 Å². The van der Waals surface area contributed by atoms with Crippen molar-refractivity contribution in [2.24, 2.45) is 28.6 Å². The van der Waals surface area contributed by atoms with Gasteiger partial charge in [-0.2, -0.15) is 0 Å². The van der Waals surface area contributed by atoms with Crippen LogP contribution in [0.5, 0.6) is 0 Å². The fraction of sp³-hybridized carbons (Fsp3) is 0.486. The predicted octanol–water partition coefficient (Wildman–Crippen LogP) is 2.48. The smallest absolute Gasteiger partial charge is 0.192 e.